The molecule has 0 aliphatic carbocycles. The number of hydrogen-bond donors (Lipinski definition) is 4. The molecule has 43 heavy (non-hydrogen) atoms. The molecule has 1 amide bonds. The Hall–Kier alpha value is -4.15. The topological polar surface area (TPSA) is 116 Å². The summed E-state index contributed by atoms with van der Waals surface area (Å²) in [6.45, 7) is 14.0. The van der Waals surface area contributed by atoms with E-state index in [1.807, 2.05) is 12.1 Å². The van der Waals surface area contributed by atoms with E-state index in [0.29, 0.717) is 48.9 Å². The molecule has 4 N–H and O–H groups in total. The largest absolute Gasteiger partial charge is 0.496 e. The van der Waals surface area contributed by atoms with Gasteiger partial charge < -0.3 is 44.9 Å². The number of aliphatic hydroxyl groups excluding tert-OH is 2. The number of aliphatic hydroxyl groups is 2. The van der Waals surface area contributed by atoms with Gasteiger partial charge in [0.15, 0.2) is 11.5 Å². The first-order valence-corrected chi connectivity index (χ1v) is 14.7. The van der Waals surface area contributed by atoms with Gasteiger partial charge in [0.2, 0.25) is 0 Å². The second-order valence-corrected chi connectivity index (χ2v) is 11.8. The lowest BCUT2D eigenvalue weighted by Gasteiger charge is -2.28. The molecule has 4 aliphatic rings. The standard InChI is InChI=1S/C33H40N4O6/c1-18-10-26-31(38)34-24-12-21(28(41-4)13-22(24)20(3)36(26)16-18)8-6-7-9-43-30-15-25-23(14-29(30)42-5)33(40)37-17-19(2)11-27(37)32(39)35-25/h12-15,26-27,31-32,34-35,38-39H,1-3,6-11,16-17H2,4-5H3. The Morgan fingerprint density at radius 3 is 2.09 bits per heavy atom. The molecule has 10 nitrogen and oxygen atoms in total. The van der Waals surface area contributed by atoms with Crippen LogP contribution in [0.5, 0.6) is 17.2 Å². The van der Waals surface area contributed by atoms with Crippen molar-refractivity contribution in [3.05, 3.63) is 71.8 Å². The first-order chi connectivity index (χ1) is 20.7. The number of methoxy groups -OCH3 is 2. The fourth-order valence-electron chi connectivity index (χ4n) is 6.66. The minimum absolute atomic E-state index is 0.0994. The number of amides is 1. The minimum Gasteiger partial charge on any atom is -0.496 e. The van der Waals surface area contributed by atoms with Crippen molar-refractivity contribution in [3.63, 3.8) is 0 Å². The van der Waals surface area contributed by atoms with Crippen molar-refractivity contribution in [2.45, 2.75) is 56.6 Å². The lowest BCUT2D eigenvalue weighted by Crippen LogP contribution is -2.43. The van der Waals surface area contributed by atoms with Gasteiger partial charge in [-0.05, 0) is 55.9 Å². The maximum Gasteiger partial charge on any atom is 0.256 e. The summed E-state index contributed by atoms with van der Waals surface area (Å²) in [5.41, 5.74) is 6.59. The molecule has 0 saturated carbocycles. The van der Waals surface area contributed by atoms with Crippen molar-refractivity contribution in [1.29, 1.82) is 0 Å². The van der Waals surface area contributed by atoms with E-state index in [1.54, 1.807) is 31.3 Å². The number of benzene rings is 2. The summed E-state index contributed by atoms with van der Waals surface area (Å²) < 4.78 is 17.4. The summed E-state index contributed by atoms with van der Waals surface area (Å²) in [6, 6.07) is 6.99. The Morgan fingerprint density at radius 1 is 0.814 bits per heavy atom. The van der Waals surface area contributed by atoms with Crippen LogP contribution in [-0.2, 0) is 6.42 Å². The second-order valence-electron chi connectivity index (χ2n) is 11.8. The summed E-state index contributed by atoms with van der Waals surface area (Å²) in [5, 5.41) is 28.0. The fraction of sp³-hybridized carbons (Fsp3) is 0.424. The number of nitrogens with zero attached hydrogens (tertiary/aromatic N) is 2. The third-order valence-electron chi connectivity index (χ3n) is 8.89. The number of hydrogen-bond acceptors (Lipinski definition) is 9. The van der Waals surface area contributed by atoms with Crippen LogP contribution in [0.15, 0.2) is 55.1 Å². The van der Waals surface area contributed by atoms with Crippen molar-refractivity contribution >= 4 is 23.0 Å². The predicted molar refractivity (Wildman–Crippen MR) is 166 cm³/mol. The Balaban J connectivity index is 1.11. The zero-order valence-corrected chi connectivity index (χ0v) is 24.8. The molecule has 10 heteroatoms. The summed E-state index contributed by atoms with van der Waals surface area (Å²) in [7, 11) is 3.21. The lowest BCUT2D eigenvalue weighted by molar-refractivity contribution is 0.0581. The second kappa shape index (κ2) is 11.5. The maximum absolute atomic E-state index is 13.3. The lowest BCUT2D eigenvalue weighted by atomic mass is 10.0. The predicted octanol–water partition coefficient (Wildman–Crippen LogP) is 3.97. The van der Waals surface area contributed by atoms with Gasteiger partial charge in [0.25, 0.3) is 5.91 Å². The molecule has 2 aromatic rings. The van der Waals surface area contributed by atoms with Crippen LogP contribution >= 0.6 is 0 Å². The van der Waals surface area contributed by atoms with E-state index >= 15 is 0 Å². The van der Waals surface area contributed by atoms with Crippen LogP contribution in [0.3, 0.4) is 0 Å². The molecule has 4 aliphatic heterocycles. The Kier molecular flexibility index (Phi) is 7.74. The molecule has 4 atom stereocenters. The Bertz CT molecular complexity index is 1380. The maximum atomic E-state index is 13.3. The van der Waals surface area contributed by atoms with Crippen molar-refractivity contribution in [1.82, 2.24) is 9.80 Å². The summed E-state index contributed by atoms with van der Waals surface area (Å²) in [6.07, 6.45) is 1.98. The molecule has 4 unspecified atom stereocenters. The van der Waals surface area contributed by atoms with Gasteiger partial charge in [0.1, 0.15) is 18.2 Å². The number of anilines is 2. The molecule has 0 radical (unpaired) electrons. The van der Waals surface area contributed by atoms with Crippen LogP contribution in [0.2, 0.25) is 0 Å². The van der Waals surface area contributed by atoms with Gasteiger partial charge in [-0.25, -0.2) is 0 Å². The summed E-state index contributed by atoms with van der Waals surface area (Å²) in [5.74, 6) is 1.57. The highest BCUT2D eigenvalue weighted by Gasteiger charge is 2.40. The van der Waals surface area contributed by atoms with Crippen LogP contribution < -0.4 is 24.8 Å². The normalized spacial score (nSPS) is 24.3. The molecule has 2 saturated heterocycles. The number of carbonyl (C=O) groups is 1. The van der Waals surface area contributed by atoms with Crippen molar-refractivity contribution in [2.75, 3.05) is 44.5 Å². The van der Waals surface area contributed by atoms with Gasteiger partial charge in [-0.15, -0.1) is 0 Å². The molecular weight excluding hydrogens is 548 g/mol. The number of unbranched alkanes of at least 4 members (excludes halogenated alkanes) is 1. The SMILES string of the molecule is C=C1CC2C(O)Nc3cc(CCCCOc4cc5c(cc4OC)C(=O)N4CC(=C)CC4C(O)N5)c(OC)cc3C(=C)N2C1. The zero-order chi connectivity index (χ0) is 30.4. The smallest absolute Gasteiger partial charge is 0.256 e. The van der Waals surface area contributed by atoms with Crippen molar-refractivity contribution in [2.24, 2.45) is 0 Å². The first-order valence-electron chi connectivity index (χ1n) is 14.7. The van der Waals surface area contributed by atoms with Crippen molar-refractivity contribution < 1.29 is 29.2 Å². The molecule has 0 spiro atoms. The number of carbonyl (C=O) groups excluding carboxylic acids is 1. The van der Waals surface area contributed by atoms with Gasteiger partial charge in [0, 0.05) is 36.1 Å². The number of ether oxygens (including phenoxy) is 3. The van der Waals surface area contributed by atoms with E-state index in [1.165, 1.54) is 0 Å². The molecule has 0 aromatic heterocycles. The third-order valence-corrected chi connectivity index (χ3v) is 8.89. The first kappa shape index (κ1) is 28.9. The minimum atomic E-state index is -0.911. The molecule has 2 aromatic carbocycles. The quantitative estimate of drug-likeness (QED) is 0.269. The monoisotopic (exact) mass is 588 g/mol. The molecule has 2 fully saturated rings. The molecular formula is C33H40N4O6. The molecule has 6 rings (SSSR count). The molecule has 4 heterocycles. The number of aryl methyl sites for hydroxylation is 1. The van der Waals surface area contributed by atoms with Gasteiger partial charge in [0.05, 0.1) is 44.2 Å². The van der Waals surface area contributed by atoms with Crippen LogP contribution in [0.1, 0.15) is 47.2 Å². The van der Waals surface area contributed by atoms with Crippen LogP contribution in [-0.4, -0.2) is 84.4 Å². The average Bonchev–Trinajstić information content (AvgIpc) is 3.54. The van der Waals surface area contributed by atoms with E-state index in [4.69, 9.17) is 14.2 Å². The summed E-state index contributed by atoms with van der Waals surface area (Å²) >= 11 is 0. The summed E-state index contributed by atoms with van der Waals surface area (Å²) in [4.78, 5) is 17.1. The van der Waals surface area contributed by atoms with Crippen LogP contribution in [0.4, 0.5) is 11.4 Å². The average molecular weight is 589 g/mol. The van der Waals surface area contributed by atoms with E-state index in [0.717, 1.165) is 65.1 Å². The van der Waals surface area contributed by atoms with Crippen LogP contribution in [0, 0.1) is 0 Å². The van der Waals surface area contributed by atoms with E-state index in [9.17, 15) is 15.0 Å². The van der Waals surface area contributed by atoms with Gasteiger partial charge >= 0.3 is 0 Å². The fourth-order valence-corrected chi connectivity index (χ4v) is 6.66. The number of nitrogens with one attached hydrogen (secondary N) is 2. The third kappa shape index (κ3) is 5.29. The molecule has 0 bridgehead atoms. The number of fused-ring (bicyclic) bond motifs is 4. The van der Waals surface area contributed by atoms with E-state index in [2.05, 4.69) is 35.3 Å². The zero-order valence-electron chi connectivity index (χ0n) is 24.8. The van der Waals surface area contributed by atoms with Gasteiger partial charge in [-0.2, -0.15) is 0 Å². The Labute approximate surface area is 252 Å². The highest BCUT2D eigenvalue weighted by Crippen LogP contribution is 2.42. The Morgan fingerprint density at radius 2 is 1.42 bits per heavy atom. The van der Waals surface area contributed by atoms with Crippen LogP contribution in [0.25, 0.3) is 5.70 Å². The van der Waals surface area contributed by atoms with E-state index < -0.39 is 12.5 Å². The van der Waals surface area contributed by atoms with Crippen molar-refractivity contribution in [3.8, 4) is 17.2 Å². The van der Waals surface area contributed by atoms with Gasteiger partial charge in [-0.3, -0.25) is 4.79 Å². The highest BCUT2D eigenvalue weighted by atomic mass is 16.5. The van der Waals surface area contributed by atoms with Gasteiger partial charge in [-0.1, -0.05) is 30.9 Å². The van der Waals surface area contributed by atoms with E-state index in [-0.39, 0.29) is 18.0 Å². The molecule has 228 valence electrons. The number of rotatable bonds is 8. The highest BCUT2D eigenvalue weighted by molar-refractivity contribution is 6.02.